The number of alkyl halides is 5. The number of ether oxygens (including phenoxy) is 1. The van der Waals surface area contributed by atoms with E-state index in [1.807, 2.05) is 0 Å². The Hall–Kier alpha value is -0.920. The predicted octanol–water partition coefficient (Wildman–Crippen LogP) is 2.15. The summed E-state index contributed by atoms with van der Waals surface area (Å²) in [6.07, 6.45) is -13.9. The number of rotatable bonds is 8. The highest BCUT2D eigenvalue weighted by Crippen LogP contribution is 2.19. The van der Waals surface area contributed by atoms with Crippen LogP contribution in [0.1, 0.15) is 13.3 Å². The van der Waals surface area contributed by atoms with Gasteiger partial charge in [0, 0.05) is 0 Å². The van der Waals surface area contributed by atoms with Crippen molar-refractivity contribution in [2.24, 2.45) is 0 Å². The molecule has 0 radical (unpaired) electrons. The van der Waals surface area contributed by atoms with Crippen molar-refractivity contribution in [3.05, 3.63) is 0 Å². The molecule has 0 rings (SSSR count). The number of carboxylic acid groups (broad SMARTS) is 1. The van der Waals surface area contributed by atoms with Gasteiger partial charge in [-0.2, -0.15) is 0 Å². The van der Waals surface area contributed by atoms with Crippen LogP contribution in [-0.2, 0) is 9.53 Å². The van der Waals surface area contributed by atoms with Gasteiger partial charge in [0.15, 0.2) is 24.6 Å². The average Bonchev–Trinajstić information content (AvgIpc) is 2.26. The van der Waals surface area contributed by atoms with Crippen molar-refractivity contribution in [1.82, 2.24) is 0 Å². The van der Waals surface area contributed by atoms with Crippen LogP contribution in [0.2, 0.25) is 0 Å². The SMILES string of the molecule is CCC(OCC(F)C(F)C(F)C(F)F)C(=O)O. The smallest absolute Gasteiger partial charge is 0.332 e. The molecule has 0 aliphatic carbocycles. The van der Waals surface area contributed by atoms with Gasteiger partial charge in [-0.05, 0) is 6.42 Å². The van der Waals surface area contributed by atoms with Crippen LogP contribution >= 0.6 is 0 Å². The van der Waals surface area contributed by atoms with Crippen LogP contribution in [0.4, 0.5) is 22.0 Å². The number of carboxylic acids is 1. The molecule has 0 aromatic carbocycles. The second kappa shape index (κ2) is 7.41. The Bertz CT molecular complexity index is 239. The molecule has 17 heavy (non-hydrogen) atoms. The van der Waals surface area contributed by atoms with Crippen molar-refractivity contribution in [2.75, 3.05) is 6.61 Å². The van der Waals surface area contributed by atoms with E-state index in [4.69, 9.17) is 5.11 Å². The second-order valence-electron chi connectivity index (χ2n) is 3.31. The number of carbonyl (C=O) groups is 1. The first kappa shape index (κ1) is 16.1. The third-order valence-corrected chi connectivity index (χ3v) is 1.99. The van der Waals surface area contributed by atoms with Gasteiger partial charge in [-0.15, -0.1) is 0 Å². The van der Waals surface area contributed by atoms with E-state index in [9.17, 15) is 26.7 Å². The van der Waals surface area contributed by atoms with Crippen molar-refractivity contribution in [3.8, 4) is 0 Å². The summed E-state index contributed by atoms with van der Waals surface area (Å²) in [4.78, 5) is 10.4. The van der Waals surface area contributed by atoms with Crippen LogP contribution in [0.15, 0.2) is 0 Å². The summed E-state index contributed by atoms with van der Waals surface area (Å²) in [7, 11) is 0. The number of hydrogen-bond acceptors (Lipinski definition) is 2. The van der Waals surface area contributed by atoms with Crippen LogP contribution in [0.3, 0.4) is 0 Å². The molecule has 1 N–H and O–H groups in total. The fraction of sp³-hybridized carbons (Fsp3) is 0.889. The highest BCUT2D eigenvalue weighted by atomic mass is 19.3. The zero-order chi connectivity index (χ0) is 13.6. The fourth-order valence-corrected chi connectivity index (χ4v) is 1.00. The summed E-state index contributed by atoms with van der Waals surface area (Å²) >= 11 is 0. The van der Waals surface area contributed by atoms with Gasteiger partial charge in [-0.3, -0.25) is 0 Å². The zero-order valence-corrected chi connectivity index (χ0v) is 8.95. The van der Waals surface area contributed by atoms with E-state index in [1.165, 1.54) is 6.92 Å². The minimum absolute atomic E-state index is 0.00704. The molecular weight excluding hydrogens is 251 g/mol. The molecule has 0 aromatic heterocycles. The highest BCUT2D eigenvalue weighted by Gasteiger charge is 2.37. The van der Waals surface area contributed by atoms with Crippen molar-refractivity contribution in [3.63, 3.8) is 0 Å². The molecule has 4 unspecified atom stereocenters. The van der Waals surface area contributed by atoms with Gasteiger partial charge >= 0.3 is 5.97 Å². The minimum atomic E-state index is -3.63. The van der Waals surface area contributed by atoms with Crippen molar-refractivity contribution in [1.29, 1.82) is 0 Å². The van der Waals surface area contributed by atoms with Gasteiger partial charge in [-0.1, -0.05) is 6.92 Å². The Morgan fingerprint density at radius 3 is 2.06 bits per heavy atom. The third-order valence-electron chi connectivity index (χ3n) is 1.99. The largest absolute Gasteiger partial charge is 0.479 e. The quantitative estimate of drug-likeness (QED) is 0.683. The lowest BCUT2D eigenvalue weighted by atomic mass is 10.1. The van der Waals surface area contributed by atoms with Crippen molar-refractivity contribution < 1.29 is 36.6 Å². The molecule has 3 nitrogen and oxygen atoms in total. The van der Waals surface area contributed by atoms with Gasteiger partial charge in [0.2, 0.25) is 0 Å². The average molecular weight is 264 g/mol. The predicted molar refractivity (Wildman–Crippen MR) is 48.4 cm³/mol. The van der Waals surface area contributed by atoms with E-state index in [0.29, 0.717) is 0 Å². The van der Waals surface area contributed by atoms with Gasteiger partial charge in [0.25, 0.3) is 6.43 Å². The Kier molecular flexibility index (Phi) is 7.01. The summed E-state index contributed by atoms with van der Waals surface area (Å²) in [5.41, 5.74) is 0. The topological polar surface area (TPSA) is 46.5 Å². The standard InChI is InChI=1S/C9H13F5O3/c1-2-5(9(15)16)17-3-4(10)6(11)7(12)8(13)14/h4-8H,2-3H2,1H3,(H,15,16). The molecule has 0 aromatic rings. The Morgan fingerprint density at radius 1 is 1.18 bits per heavy atom. The second-order valence-corrected chi connectivity index (χ2v) is 3.31. The first-order valence-corrected chi connectivity index (χ1v) is 4.86. The lowest BCUT2D eigenvalue weighted by molar-refractivity contribution is -0.152. The minimum Gasteiger partial charge on any atom is -0.479 e. The molecule has 8 heteroatoms. The Labute approximate surface area is 94.6 Å². The summed E-state index contributed by atoms with van der Waals surface area (Å²) in [6, 6.07) is 0. The summed E-state index contributed by atoms with van der Waals surface area (Å²) in [5, 5.41) is 8.49. The number of hydrogen-bond donors (Lipinski definition) is 1. The molecule has 0 saturated carbocycles. The Balaban J connectivity index is 4.16. The van der Waals surface area contributed by atoms with Gasteiger partial charge in [0.1, 0.15) is 0 Å². The molecule has 0 bridgehead atoms. The van der Waals surface area contributed by atoms with E-state index in [-0.39, 0.29) is 6.42 Å². The van der Waals surface area contributed by atoms with E-state index >= 15 is 0 Å². The molecule has 0 amide bonds. The fourth-order valence-electron chi connectivity index (χ4n) is 1.00. The van der Waals surface area contributed by atoms with Crippen molar-refractivity contribution >= 4 is 5.97 Å². The summed E-state index contributed by atoms with van der Waals surface area (Å²) < 4.78 is 65.9. The zero-order valence-electron chi connectivity index (χ0n) is 8.95. The summed E-state index contributed by atoms with van der Waals surface area (Å²) in [6.45, 7) is 0.342. The maximum Gasteiger partial charge on any atom is 0.332 e. The van der Waals surface area contributed by atoms with Crippen LogP contribution in [0, 0.1) is 0 Å². The molecule has 0 aliphatic rings. The molecule has 0 aliphatic heterocycles. The highest BCUT2D eigenvalue weighted by molar-refractivity contribution is 5.72. The van der Waals surface area contributed by atoms with Crippen LogP contribution in [0.5, 0.6) is 0 Å². The Morgan fingerprint density at radius 2 is 1.71 bits per heavy atom. The summed E-state index contributed by atoms with van der Waals surface area (Å²) in [5.74, 6) is -1.39. The first-order chi connectivity index (χ1) is 7.81. The lowest BCUT2D eigenvalue weighted by Gasteiger charge is -2.18. The van der Waals surface area contributed by atoms with Gasteiger partial charge in [0.05, 0.1) is 6.61 Å². The third kappa shape index (κ3) is 5.29. The van der Waals surface area contributed by atoms with Crippen LogP contribution in [-0.4, -0.2) is 48.7 Å². The molecule has 0 heterocycles. The monoisotopic (exact) mass is 264 g/mol. The normalized spacial score (nSPS) is 18.8. The molecule has 4 atom stereocenters. The maximum absolute atomic E-state index is 12.9. The molecule has 0 spiro atoms. The van der Waals surface area contributed by atoms with E-state index in [0.717, 1.165) is 0 Å². The van der Waals surface area contributed by atoms with Crippen LogP contribution < -0.4 is 0 Å². The molecule has 0 saturated heterocycles. The van der Waals surface area contributed by atoms with Gasteiger partial charge < -0.3 is 9.84 Å². The maximum atomic E-state index is 12.9. The van der Waals surface area contributed by atoms with E-state index in [1.54, 1.807) is 0 Å². The van der Waals surface area contributed by atoms with E-state index in [2.05, 4.69) is 4.74 Å². The number of aliphatic carboxylic acids is 1. The first-order valence-electron chi connectivity index (χ1n) is 4.86. The molecule has 0 fully saturated rings. The lowest BCUT2D eigenvalue weighted by Crippen LogP contribution is -2.37. The van der Waals surface area contributed by atoms with Crippen molar-refractivity contribution in [2.45, 2.75) is 44.4 Å². The van der Waals surface area contributed by atoms with Gasteiger partial charge in [-0.25, -0.2) is 26.7 Å². The number of halogens is 5. The molecule has 102 valence electrons. The van der Waals surface area contributed by atoms with E-state index < -0.39 is 43.6 Å². The van der Waals surface area contributed by atoms with Crippen LogP contribution in [0.25, 0.3) is 0 Å². The molecular formula is C9H13F5O3.